The fourth-order valence-electron chi connectivity index (χ4n) is 1.13. The monoisotopic (exact) mass is 231 g/mol. The van der Waals surface area contributed by atoms with Crippen molar-refractivity contribution in [1.29, 1.82) is 0 Å². The smallest absolute Gasteiger partial charge is 0.248 e. The van der Waals surface area contributed by atoms with Crippen molar-refractivity contribution in [2.24, 2.45) is 0 Å². The van der Waals surface area contributed by atoms with E-state index in [-0.39, 0.29) is 17.1 Å². The van der Waals surface area contributed by atoms with Crippen molar-refractivity contribution in [1.82, 2.24) is 4.90 Å². The average molecular weight is 232 g/mol. The first kappa shape index (κ1) is 11.9. The van der Waals surface area contributed by atoms with Gasteiger partial charge in [0.15, 0.2) is 0 Å². The number of aliphatic hydroxyl groups excluding tert-OH is 1. The van der Waals surface area contributed by atoms with E-state index >= 15 is 0 Å². The molecule has 0 heterocycles. The van der Waals surface area contributed by atoms with Gasteiger partial charge in [-0.2, -0.15) is 0 Å². The van der Waals surface area contributed by atoms with E-state index < -0.39 is 18.3 Å². The summed E-state index contributed by atoms with van der Waals surface area (Å²) in [5, 5.41) is 8.87. The topological polar surface area (TPSA) is 40.5 Å². The zero-order valence-corrected chi connectivity index (χ0v) is 8.96. The Bertz CT molecular complexity index is 350. The largest absolute Gasteiger partial charge is 0.387 e. The Balaban J connectivity index is 2.85. The molecule has 1 amide bonds. The molecule has 0 aliphatic rings. The van der Waals surface area contributed by atoms with Crippen molar-refractivity contribution in [2.75, 3.05) is 13.7 Å². The highest BCUT2D eigenvalue weighted by Gasteiger charge is 2.12. The van der Waals surface area contributed by atoms with Crippen LogP contribution in [0.3, 0.4) is 0 Å². The van der Waals surface area contributed by atoms with Gasteiger partial charge in [-0.15, -0.1) is 0 Å². The van der Waals surface area contributed by atoms with Gasteiger partial charge in [0.25, 0.3) is 0 Å². The van der Waals surface area contributed by atoms with E-state index in [1.807, 2.05) is 0 Å². The van der Waals surface area contributed by atoms with Gasteiger partial charge in [0.2, 0.25) is 5.91 Å². The summed E-state index contributed by atoms with van der Waals surface area (Å²) in [7, 11) is 1.47. The molecule has 0 aliphatic carbocycles. The Morgan fingerprint density at radius 1 is 1.60 bits per heavy atom. The second-order valence-corrected chi connectivity index (χ2v) is 3.52. The van der Waals surface area contributed by atoms with Gasteiger partial charge in [-0.1, -0.05) is 17.7 Å². The molecule has 0 fully saturated rings. The molecule has 0 spiro atoms. The summed E-state index contributed by atoms with van der Waals surface area (Å²) in [6, 6.07) is 4.32. The molecule has 0 atom stereocenters. The Labute approximate surface area is 92.1 Å². The molecule has 82 valence electrons. The predicted molar refractivity (Wildman–Crippen MR) is 55.0 cm³/mol. The minimum atomic E-state index is -0.595. The number of halogens is 2. The number of benzene rings is 1. The standard InChI is InChI=1S/C10H11ClFNO2/c1-13(10(15)6-14)5-7-8(11)3-2-4-9(7)12/h2-4,14H,5-6H2,1H3. The number of carbonyl (C=O) groups excluding carboxylic acids is 1. The molecule has 1 aromatic rings. The van der Waals surface area contributed by atoms with Gasteiger partial charge in [-0.3, -0.25) is 4.79 Å². The molecule has 3 nitrogen and oxygen atoms in total. The maximum absolute atomic E-state index is 13.3. The predicted octanol–water partition coefficient (Wildman–Crippen LogP) is 1.43. The second kappa shape index (κ2) is 5.09. The van der Waals surface area contributed by atoms with Crippen LogP contribution >= 0.6 is 11.6 Å². The fraction of sp³-hybridized carbons (Fsp3) is 0.300. The molecular weight excluding hydrogens is 221 g/mol. The summed E-state index contributed by atoms with van der Waals surface area (Å²) in [6.07, 6.45) is 0. The molecular formula is C10H11ClFNO2. The zero-order chi connectivity index (χ0) is 11.4. The van der Waals surface area contributed by atoms with Crippen LogP contribution in [0.25, 0.3) is 0 Å². The zero-order valence-electron chi connectivity index (χ0n) is 8.20. The van der Waals surface area contributed by atoms with Gasteiger partial charge in [-0.05, 0) is 12.1 Å². The molecule has 1 rings (SSSR count). The maximum atomic E-state index is 13.3. The molecule has 1 aromatic carbocycles. The molecule has 0 saturated carbocycles. The number of rotatable bonds is 3. The number of hydrogen-bond acceptors (Lipinski definition) is 2. The fourth-order valence-corrected chi connectivity index (χ4v) is 1.35. The molecule has 0 unspecified atom stereocenters. The number of nitrogens with zero attached hydrogens (tertiary/aromatic N) is 1. The van der Waals surface area contributed by atoms with Gasteiger partial charge < -0.3 is 10.0 Å². The van der Waals surface area contributed by atoms with Gasteiger partial charge in [-0.25, -0.2) is 4.39 Å². The summed E-state index contributed by atoms with van der Waals surface area (Å²) in [6.45, 7) is -0.548. The summed E-state index contributed by atoms with van der Waals surface area (Å²) < 4.78 is 13.3. The van der Waals surface area contributed by atoms with E-state index in [4.69, 9.17) is 16.7 Å². The van der Waals surface area contributed by atoms with E-state index in [1.54, 1.807) is 6.07 Å². The Morgan fingerprint density at radius 2 is 2.27 bits per heavy atom. The highest BCUT2D eigenvalue weighted by atomic mass is 35.5. The van der Waals surface area contributed by atoms with E-state index in [0.717, 1.165) is 0 Å². The lowest BCUT2D eigenvalue weighted by molar-refractivity contribution is -0.133. The minimum Gasteiger partial charge on any atom is -0.387 e. The second-order valence-electron chi connectivity index (χ2n) is 3.11. The van der Waals surface area contributed by atoms with Gasteiger partial charge in [0.1, 0.15) is 12.4 Å². The van der Waals surface area contributed by atoms with Gasteiger partial charge in [0.05, 0.1) is 0 Å². The summed E-state index contributed by atoms with van der Waals surface area (Å²) >= 11 is 5.78. The molecule has 15 heavy (non-hydrogen) atoms. The SMILES string of the molecule is CN(Cc1c(F)cccc1Cl)C(=O)CO. The highest BCUT2D eigenvalue weighted by Crippen LogP contribution is 2.20. The molecule has 0 bridgehead atoms. The number of hydrogen-bond donors (Lipinski definition) is 1. The Kier molecular flexibility index (Phi) is 4.05. The van der Waals surface area contributed by atoms with E-state index in [9.17, 15) is 9.18 Å². The maximum Gasteiger partial charge on any atom is 0.248 e. The van der Waals surface area contributed by atoms with Crippen LogP contribution in [-0.2, 0) is 11.3 Å². The third kappa shape index (κ3) is 2.91. The lowest BCUT2D eigenvalue weighted by Crippen LogP contribution is -2.29. The van der Waals surface area contributed by atoms with Crippen LogP contribution < -0.4 is 0 Å². The summed E-state index contributed by atoms with van der Waals surface area (Å²) in [5.74, 6) is -0.936. The van der Waals surface area contributed by atoms with Crippen molar-refractivity contribution in [3.63, 3.8) is 0 Å². The molecule has 0 aromatic heterocycles. The molecule has 0 aliphatic heterocycles. The van der Waals surface area contributed by atoms with Crippen LogP contribution in [-0.4, -0.2) is 29.6 Å². The van der Waals surface area contributed by atoms with Crippen molar-refractivity contribution < 1.29 is 14.3 Å². The van der Waals surface area contributed by atoms with Crippen molar-refractivity contribution in [3.8, 4) is 0 Å². The van der Waals surface area contributed by atoms with E-state index in [1.165, 1.54) is 24.1 Å². The summed E-state index contributed by atoms with van der Waals surface area (Å²) in [4.78, 5) is 12.3. The van der Waals surface area contributed by atoms with Crippen LogP contribution in [0.1, 0.15) is 5.56 Å². The lowest BCUT2D eigenvalue weighted by atomic mass is 10.2. The first-order valence-corrected chi connectivity index (χ1v) is 4.71. The first-order chi connectivity index (χ1) is 7.06. The number of likely N-dealkylation sites (N-methyl/N-ethyl adjacent to an activating group) is 1. The van der Waals surface area contributed by atoms with Crippen LogP contribution in [0, 0.1) is 5.82 Å². The molecule has 5 heteroatoms. The van der Waals surface area contributed by atoms with Gasteiger partial charge in [0, 0.05) is 24.2 Å². The molecule has 1 N–H and O–H groups in total. The molecule has 0 radical (unpaired) electrons. The number of carbonyl (C=O) groups is 1. The van der Waals surface area contributed by atoms with Gasteiger partial charge >= 0.3 is 0 Å². The van der Waals surface area contributed by atoms with Crippen LogP contribution in [0.2, 0.25) is 5.02 Å². The van der Waals surface area contributed by atoms with Crippen molar-refractivity contribution in [2.45, 2.75) is 6.54 Å². The third-order valence-corrected chi connectivity index (χ3v) is 2.37. The van der Waals surface area contributed by atoms with E-state index in [0.29, 0.717) is 0 Å². The normalized spacial score (nSPS) is 10.1. The van der Waals surface area contributed by atoms with Crippen molar-refractivity contribution >= 4 is 17.5 Å². The third-order valence-electron chi connectivity index (χ3n) is 2.02. The van der Waals surface area contributed by atoms with Crippen LogP contribution in [0.5, 0.6) is 0 Å². The summed E-state index contributed by atoms with van der Waals surface area (Å²) in [5.41, 5.74) is 0.253. The number of aliphatic hydroxyl groups is 1. The first-order valence-electron chi connectivity index (χ1n) is 4.34. The average Bonchev–Trinajstić information content (AvgIpc) is 2.22. The van der Waals surface area contributed by atoms with Crippen LogP contribution in [0.4, 0.5) is 4.39 Å². The lowest BCUT2D eigenvalue weighted by Gasteiger charge is -2.17. The Morgan fingerprint density at radius 3 is 2.80 bits per heavy atom. The highest BCUT2D eigenvalue weighted by molar-refractivity contribution is 6.31. The minimum absolute atomic E-state index is 0.0465. The quantitative estimate of drug-likeness (QED) is 0.855. The van der Waals surface area contributed by atoms with Crippen molar-refractivity contribution in [3.05, 3.63) is 34.6 Å². The van der Waals surface area contributed by atoms with Crippen LogP contribution in [0.15, 0.2) is 18.2 Å². The Hall–Kier alpha value is -1.13. The van der Waals surface area contributed by atoms with E-state index in [2.05, 4.69) is 0 Å². The number of amides is 1. The molecule has 0 saturated heterocycles.